The van der Waals surface area contributed by atoms with Crippen molar-refractivity contribution in [2.24, 2.45) is 5.10 Å². The minimum absolute atomic E-state index is 0.493. The van der Waals surface area contributed by atoms with Gasteiger partial charge >= 0.3 is 0 Å². The second-order valence-electron chi connectivity index (χ2n) is 5.07. The van der Waals surface area contributed by atoms with E-state index in [-0.39, 0.29) is 0 Å². The lowest BCUT2D eigenvalue weighted by Gasteiger charge is -2.26. The van der Waals surface area contributed by atoms with Crippen molar-refractivity contribution in [2.75, 3.05) is 0 Å². The predicted molar refractivity (Wildman–Crippen MR) is 81.4 cm³/mol. The first-order valence-corrected chi connectivity index (χ1v) is 8.03. The molecule has 1 saturated carbocycles. The maximum absolute atomic E-state index is 6.06. The van der Waals surface area contributed by atoms with Gasteiger partial charge in [0, 0.05) is 10.6 Å². The summed E-state index contributed by atoms with van der Waals surface area (Å²) >= 11 is 7.84. The highest BCUT2D eigenvalue weighted by atomic mass is 35.5. The first-order valence-electron chi connectivity index (χ1n) is 6.77. The molecule has 1 atom stereocenters. The minimum atomic E-state index is 0.493. The van der Waals surface area contributed by atoms with E-state index >= 15 is 0 Å². The van der Waals surface area contributed by atoms with E-state index in [1.54, 1.807) is 11.8 Å². The van der Waals surface area contributed by atoms with Gasteiger partial charge in [0.25, 0.3) is 0 Å². The molecule has 20 heavy (non-hydrogen) atoms. The number of hydrogen-bond donors (Lipinski definition) is 0. The second-order valence-corrected chi connectivity index (χ2v) is 6.68. The Morgan fingerprint density at radius 3 is 3.10 bits per heavy atom. The molecule has 0 spiro atoms. The lowest BCUT2D eigenvalue weighted by Crippen LogP contribution is -2.26. The smallest absolute Gasteiger partial charge is 0.187 e. The molecule has 0 saturated heterocycles. The van der Waals surface area contributed by atoms with Crippen molar-refractivity contribution in [3.63, 3.8) is 0 Å². The summed E-state index contributed by atoms with van der Waals surface area (Å²) < 4.78 is 1.87. The summed E-state index contributed by atoms with van der Waals surface area (Å²) in [5.41, 5.74) is 2.23. The Morgan fingerprint density at radius 2 is 2.20 bits per heavy atom. The van der Waals surface area contributed by atoms with Crippen molar-refractivity contribution >= 4 is 29.1 Å². The molecule has 0 amide bonds. The van der Waals surface area contributed by atoms with Crippen LogP contribution in [0.4, 0.5) is 0 Å². The Labute approximate surface area is 126 Å². The van der Waals surface area contributed by atoms with Crippen molar-refractivity contribution in [3.05, 3.63) is 29.3 Å². The van der Waals surface area contributed by atoms with Crippen LogP contribution in [0.25, 0.3) is 11.4 Å². The number of rotatable bonds is 1. The Kier molecular flexibility index (Phi) is 3.04. The normalized spacial score (nSPS) is 21.1. The molecule has 1 aromatic heterocycles. The first-order chi connectivity index (χ1) is 9.81. The quantitative estimate of drug-likeness (QED) is 0.803. The molecule has 2 aromatic rings. The fourth-order valence-corrected chi connectivity index (χ4v) is 4.04. The third-order valence-corrected chi connectivity index (χ3v) is 5.18. The summed E-state index contributed by atoms with van der Waals surface area (Å²) in [4.78, 5) is 0. The van der Waals surface area contributed by atoms with Gasteiger partial charge in [-0.25, -0.2) is 0 Å². The van der Waals surface area contributed by atoms with E-state index in [0.29, 0.717) is 10.3 Å². The monoisotopic (exact) mass is 304 g/mol. The molecule has 1 aliphatic heterocycles. The van der Waals surface area contributed by atoms with Crippen LogP contribution in [0.3, 0.4) is 0 Å². The van der Waals surface area contributed by atoms with Crippen LogP contribution < -0.4 is 0 Å². The maximum atomic E-state index is 6.06. The van der Waals surface area contributed by atoms with Crippen molar-refractivity contribution in [1.29, 1.82) is 0 Å². The molecule has 1 unspecified atom stereocenters. The first kappa shape index (κ1) is 12.4. The summed E-state index contributed by atoms with van der Waals surface area (Å²) in [6.07, 6.45) is 4.80. The van der Waals surface area contributed by atoms with E-state index in [0.717, 1.165) is 23.0 Å². The molecule has 1 aliphatic carbocycles. The molecule has 2 aliphatic rings. The predicted octanol–water partition coefficient (Wildman–Crippen LogP) is 3.85. The Morgan fingerprint density at radius 1 is 1.25 bits per heavy atom. The standard InChI is InChI=1S/C14H13ClN4S/c15-10-5-3-4-9(8-10)13-16-17-14-19(13)18-11-6-1-2-7-12(11)20-14/h3-5,8,12H,1-2,6-7H2. The molecule has 0 radical (unpaired) electrons. The lowest BCUT2D eigenvalue weighted by molar-refractivity contribution is 0.642. The van der Waals surface area contributed by atoms with Crippen LogP contribution in [-0.4, -0.2) is 25.8 Å². The zero-order valence-electron chi connectivity index (χ0n) is 10.8. The van der Waals surface area contributed by atoms with Crippen LogP contribution in [0.15, 0.2) is 34.5 Å². The third-order valence-electron chi connectivity index (χ3n) is 3.69. The van der Waals surface area contributed by atoms with Gasteiger partial charge in [-0.1, -0.05) is 41.9 Å². The zero-order chi connectivity index (χ0) is 13.5. The van der Waals surface area contributed by atoms with Gasteiger partial charge in [-0.15, -0.1) is 10.2 Å². The Balaban J connectivity index is 1.80. The van der Waals surface area contributed by atoms with Gasteiger partial charge in [-0.2, -0.15) is 9.78 Å². The molecule has 0 N–H and O–H groups in total. The SMILES string of the molecule is Clc1cccc(-c2nnc3n2N=C2CCCCC2S3)c1. The summed E-state index contributed by atoms with van der Waals surface area (Å²) in [6, 6.07) is 7.67. The van der Waals surface area contributed by atoms with Gasteiger partial charge in [0.1, 0.15) is 0 Å². The number of hydrogen-bond acceptors (Lipinski definition) is 4. The molecular weight excluding hydrogens is 292 g/mol. The van der Waals surface area contributed by atoms with Gasteiger partial charge in [-0.05, 0) is 31.4 Å². The van der Waals surface area contributed by atoms with Crippen LogP contribution in [0.5, 0.6) is 0 Å². The van der Waals surface area contributed by atoms with E-state index < -0.39 is 0 Å². The third kappa shape index (κ3) is 2.05. The molecule has 4 rings (SSSR count). The Bertz CT molecular complexity index is 694. The highest BCUT2D eigenvalue weighted by molar-refractivity contribution is 8.00. The summed E-state index contributed by atoms with van der Waals surface area (Å²) in [5.74, 6) is 0.770. The fourth-order valence-electron chi connectivity index (χ4n) is 2.70. The number of benzene rings is 1. The van der Waals surface area contributed by atoms with Crippen LogP contribution in [0.2, 0.25) is 5.02 Å². The second kappa shape index (κ2) is 4.90. The highest BCUT2D eigenvalue weighted by Crippen LogP contribution is 2.37. The molecule has 6 heteroatoms. The van der Waals surface area contributed by atoms with Gasteiger partial charge in [-0.3, -0.25) is 0 Å². The van der Waals surface area contributed by atoms with Gasteiger partial charge in [0.15, 0.2) is 5.82 Å². The van der Waals surface area contributed by atoms with Crippen LogP contribution >= 0.6 is 23.4 Å². The zero-order valence-corrected chi connectivity index (χ0v) is 12.4. The molecular formula is C14H13ClN4S. The van der Waals surface area contributed by atoms with Gasteiger partial charge in [0.05, 0.1) is 11.0 Å². The molecule has 0 bridgehead atoms. The van der Waals surface area contributed by atoms with Gasteiger partial charge < -0.3 is 0 Å². The topological polar surface area (TPSA) is 43.1 Å². The fraction of sp³-hybridized carbons (Fsp3) is 0.357. The molecule has 2 heterocycles. The average Bonchev–Trinajstić information content (AvgIpc) is 2.87. The van der Waals surface area contributed by atoms with Crippen molar-refractivity contribution in [3.8, 4) is 11.4 Å². The number of aromatic nitrogens is 3. The minimum Gasteiger partial charge on any atom is -0.187 e. The summed E-state index contributed by atoms with van der Waals surface area (Å²) in [7, 11) is 0. The lowest BCUT2D eigenvalue weighted by atomic mass is 9.98. The highest BCUT2D eigenvalue weighted by Gasteiger charge is 2.29. The molecule has 102 valence electrons. The van der Waals surface area contributed by atoms with Gasteiger partial charge in [0.2, 0.25) is 5.16 Å². The van der Waals surface area contributed by atoms with E-state index in [4.69, 9.17) is 16.7 Å². The maximum Gasteiger partial charge on any atom is 0.213 e. The number of fused-ring (bicyclic) bond motifs is 2. The van der Waals surface area contributed by atoms with Crippen molar-refractivity contribution in [2.45, 2.75) is 36.1 Å². The summed E-state index contributed by atoms with van der Waals surface area (Å²) in [6.45, 7) is 0. The van der Waals surface area contributed by atoms with Crippen molar-refractivity contribution < 1.29 is 0 Å². The van der Waals surface area contributed by atoms with Crippen LogP contribution in [0.1, 0.15) is 25.7 Å². The van der Waals surface area contributed by atoms with E-state index in [1.165, 1.54) is 25.0 Å². The summed E-state index contributed by atoms with van der Waals surface area (Å²) in [5, 5.41) is 15.4. The molecule has 1 aromatic carbocycles. The largest absolute Gasteiger partial charge is 0.213 e. The molecule has 4 nitrogen and oxygen atoms in total. The number of thioether (sulfide) groups is 1. The van der Waals surface area contributed by atoms with Crippen molar-refractivity contribution in [1.82, 2.24) is 14.9 Å². The van der Waals surface area contributed by atoms with Crippen LogP contribution in [-0.2, 0) is 0 Å². The van der Waals surface area contributed by atoms with E-state index in [9.17, 15) is 0 Å². The average molecular weight is 305 g/mol. The number of halogens is 1. The molecule has 1 fully saturated rings. The van der Waals surface area contributed by atoms with E-state index in [1.807, 2.05) is 28.9 Å². The Hall–Kier alpha value is -1.33. The number of nitrogens with zero attached hydrogens (tertiary/aromatic N) is 4. The van der Waals surface area contributed by atoms with E-state index in [2.05, 4.69) is 10.2 Å². The van der Waals surface area contributed by atoms with Crippen LogP contribution in [0, 0.1) is 0 Å².